The molecule has 0 nitrogen and oxygen atoms in total. The molecule has 0 aromatic heterocycles. The molecule has 0 aliphatic heterocycles. The lowest BCUT2D eigenvalue weighted by Gasteiger charge is -2.07. The summed E-state index contributed by atoms with van der Waals surface area (Å²) in [4.78, 5) is 0. The van der Waals surface area contributed by atoms with Gasteiger partial charge in [0.25, 0.3) is 0 Å². The van der Waals surface area contributed by atoms with Crippen LogP contribution in [0.25, 0.3) is 11.1 Å². The third kappa shape index (κ3) is 3.73. The molecule has 0 aliphatic carbocycles. The molecule has 0 aliphatic rings. The molecule has 0 heterocycles. The predicted octanol–water partition coefficient (Wildman–Crippen LogP) is 5.33. The minimum atomic E-state index is 0.808. The average Bonchev–Trinajstić information content (AvgIpc) is 2.40. The standard InChI is InChI=1S/C18H22/c1-15(2)8-6-9-16-10-7-13-18(14-16)17-11-4-3-5-12-17/h3-5,7,10-15H,6,8-9H2,1-2H3. The normalized spacial score (nSPS) is 10.8. The molecule has 0 N–H and O–H groups in total. The SMILES string of the molecule is CC(C)CCCc1cccc(-c2ccccc2)c1. The van der Waals surface area contributed by atoms with Crippen LogP contribution in [0.5, 0.6) is 0 Å². The quantitative estimate of drug-likeness (QED) is 0.660. The second kappa shape index (κ2) is 6.39. The number of hydrogen-bond acceptors (Lipinski definition) is 0. The molecule has 18 heavy (non-hydrogen) atoms. The molecule has 94 valence electrons. The van der Waals surface area contributed by atoms with E-state index in [4.69, 9.17) is 0 Å². The first-order valence-corrected chi connectivity index (χ1v) is 6.90. The summed E-state index contributed by atoms with van der Waals surface area (Å²) in [6.45, 7) is 4.58. The van der Waals surface area contributed by atoms with E-state index < -0.39 is 0 Å². The number of rotatable bonds is 5. The Hall–Kier alpha value is -1.56. The van der Waals surface area contributed by atoms with E-state index in [9.17, 15) is 0 Å². The summed E-state index contributed by atoms with van der Waals surface area (Å²) < 4.78 is 0. The predicted molar refractivity (Wildman–Crippen MR) is 79.7 cm³/mol. The maximum absolute atomic E-state index is 2.33. The van der Waals surface area contributed by atoms with Crippen molar-refractivity contribution in [3.05, 3.63) is 60.2 Å². The van der Waals surface area contributed by atoms with Gasteiger partial charge in [-0.25, -0.2) is 0 Å². The third-order valence-corrected chi connectivity index (χ3v) is 3.28. The number of hydrogen-bond donors (Lipinski definition) is 0. The van der Waals surface area contributed by atoms with Gasteiger partial charge >= 0.3 is 0 Å². The van der Waals surface area contributed by atoms with Gasteiger partial charge in [-0.05, 0) is 35.4 Å². The highest BCUT2D eigenvalue weighted by Crippen LogP contribution is 2.21. The van der Waals surface area contributed by atoms with Gasteiger partial charge in [-0.3, -0.25) is 0 Å². The fraction of sp³-hybridized carbons (Fsp3) is 0.333. The maximum atomic E-state index is 2.33. The van der Waals surface area contributed by atoms with E-state index in [-0.39, 0.29) is 0 Å². The summed E-state index contributed by atoms with van der Waals surface area (Å²) in [5.41, 5.74) is 4.10. The lowest BCUT2D eigenvalue weighted by Crippen LogP contribution is -1.91. The zero-order valence-corrected chi connectivity index (χ0v) is 11.4. The molecular weight excluding hydrogens is 216 g/mol. The van der Waals surface area contributed by atoms with Gasteiger partial charge in [-0.15, -0.1) is 0 Å². The summed E-state index contributed by atoms with van der Waals surface area (Å²) in [7, 11) is 0. The summed E-state index contributed by atoms with van der Waals surface area (Å²) in [5.74, 6) is 0.808. The van der Waals surface area contributed by atoms with E-state index in [0.29, 0.717) is 0 Å². The monoisotopic (exact) mass is 238 g/mol. The highest BCUT2D eigenvalue weighted by atomic mass is 14.1. The van der Waals surface area contributed by atoms with Crippen molar-refractivity contribution < 1.29 is 0 Å². The summed E-state index contributed by atoms with van der Waals surface area (Å²) in [6, 6.07) is 19.6. The van der Waals surface area contributed by atoms with Crippen LogP contribution in [0.2, 0.25) is 0 Å². The van der Waals surface area contributed by atoms with Crippen LogP contribution in [-0.4, -0.2) is 0 Å². The highest BCUT2D eigenvalue weighted by Gasteiger charge is 2.00. The molecule has 0 radical (unpaired) electrons. The summed E-state index contributed by atoms with van der Waals surface area (Å²) >= 11 is 0. The van der Waals surface area contributed by atoms with Crippen molar-refractivity contribution in [3.63, 3.8) is 0 Å². The van der Waals surface area contributed by atoms with E-state index in [1.807, 2.05) is 0 Å². The highest BCUT2D eigenvalue weighted by molar-refractivity contribution is 5.63. The van der Waals surface area contributed by atoms with Gasteiger partial charge in [-0.1, -0.05) is 74.9 Å². The molecule has 2 aromatic carbocycles. The van der Waals surface area contributed by atoms with E-state index >= 15 is 0 Å². The minimum absolute atomic E-state index is 0.808. The van der Waals surface area contributed by atoms with E-state index in [1.54, 1.807) is 0 Å². The van der Waals surface area contributed by atoms with Gasteiger partial charge in [-0.2, -0.15) is 0 Å². The van der Waals surface area contributed by atoms with Crippen molar-refractivity contribution in [3.8, 4) is 11.1 Å². The first kappa shape index (κ1) is 12.9. The lowest BCUT2D eigenvalue weighted by molar-refractivity contribution is 0.556. The molecule has 0 heteroatoms. The molecule has 2 rings (SSSR count). The fourth-order valence-electron chi connectivity index (χ4n) is 2.25. The van der Waals surface area contributed by atoms with Gasteiger partial charge in [0.1, 0.15) is 0 Å². The van der Waals surface area contributed by atoms with Crippen LogP contribution in [-0.2, 0) is 6.42 Å². The van der Waals surface area contributed by atoms with Crippen molar-refractivity contribution >= 4 is 0 Å². The maximum Gasteiger partial charge on any atom is -0.0181 e. The largest absolute Gasteiger partial charge is 0.0628 e. The number of benzene rings is 2. The minimum Gasteiger partial charge on any atom is -0.0628 e. The number of aryl methyl sites for hydroxylation is 1. The van der Waals surface area contributed by atoms with E-state index in [1.165, 1.54) is 36.0 Å². The second-order valence-corrected chi connectivity index (χ2v) is 5.35. The molecule has 0 amide bonds. The average molecular weight is 238 g/mol. The van der Waals surface area contributed by atoms with Gasteiger partial charge in [0.15, 0.2) is 0 Å². The zero-order valence-electron chi connectivity index (χ0n) is 11.4. The topological polar surface area (TPSA) is 0 Å². The summed E-state index contributed by atoms with van der Waals surface area (Å²) in [5, 5.41) is 0. The van der Waals surface area contributed by atoms with Crippen molar-refractivity contribution in [2.24, 2.45) is 5.92 Å². The molecule has 0 bridgehead atoms. The molecule has 0 saturated heterocycles. The van der Waals surface area contributed by atoms with Crippen molar-refractivity contribution in [1.29, 1.82) is 0 Å². The Kier molecular flexibility index (Phi) is 4.58. The lowest BCUT2D eigenvalue weighted by atomic mass is 9.99. The van der Waals surface area contributed by atoms with Gasteiger partial charge in [0.05, 0.1) is 0 Å². The first-order chi connectivity index (χ1) is 8.75. The van der Waals surface area contributed by atoms with Crippen molar-refractivity contribution in [2.45, 2.75) is 33.1 Å². The molecular formula is C18H22. The Labute approximate surface area is 111 Å². The fourth-order valence-corrected chi connectivity index (χ4v) is 2.25. The van der Waals surface area contributed by atoms with Gasteiger partial charge in [0, 0.05) is 0 Å². The van der Waals surface area contributed by atoms with E-state index in [0.717, 1.165) is 5.92 Å². The van der Waals surface area contributed by atoms with Crippen LogP contribution in [0.1, 0.15) is 32.3 Å². The molecule has 0 atom stereocenters. The summed E-state index contributed by atoms with van der Waals surface area (Å²) in [6.07, 6.45) is 3.80. The Morgan fingerprint density at radius 1 is 0.833 bits per heavy atom. The van der Waals surface area contributed by atoms with Crippen LogP contribution in [0.15, 0.2) is 54.6 Å². The molecule has 2 aromatic rings. The van der Waals surface area contributed by atoms with Crippen LogP contribution >= 0.6 is 0 Å². The Bertz CT molecular complexity index is 468. The zero-order chi connectivity index (χ0) is 12.8. The Morgan fingerprint density at radius 2 is 1.56 bits per heavy atom. The van der Waals surface area contributed by atoms with Gasteiger partial charge < -0.3 is 0 Å². The van der Waals surface area contributed by atoms with Crippen molar-refractivity contribution in [1.82, 2.24) is 0 Å². The Morgan fingerprint density at radius 3 is 2.28 bits per heavy atom. The molecule has 0 fully saturated rings. The molecule has 0 spiro atoms. The van der Waals surface area contributed by atoms with Crippen molar-refractivity contribution in [2.75, 3.05) is 0 Å². The van der Waals surface area contributed by atoms with Crippen LogP contribution in [0.4, 0.5) is 0 Å². The van der Waals surface area contributed by atoms with Crippen LogP contribution in [0, 0.1) is 5.92 Å². The van der Waals surface area contributed by atoms with Crippen LogP contribution < -0.4 is 0 Å². The third-order valence-electron chi connectivity index (χ3n) is 3.28. The van der Waals surface area contributed by atoms with Gasteiger partial charge in [0.2, 0.25) is 0 Å². The first-order valence-electron chi connectivity index (χ1n) is 6.90. The van der Waals surface area contributed by atoms with Crippen LogP contribution in [0.3, 0.4) is 0 Å². The second-order valence-electron chi connectivity index (χ2n) is 5.35. The molecule has 0 saturated carbocycles. The van der Waals surface area contributed by atoms with E-state index in [2.05, 4.69) is 68.4 Å². The Balaban J connectivity index is 2.06. The smallest absolute Gasteiger partial charge is 0.0181 e. The molecule has 0 unspecified atom stereocenters.